The fourth-order valence-electron chi connectivity index (χ4n) is 4.27. The summed E-state index contributed by atoms with van der Waals surface area (Å²) < 4.78 is 17.2. The van der Waals surface area contributed by atoms with Crippen molar-refractivity contribution in [3.8, 4) is 34.8 Å². The first kappa shape index (κ1) is 27.3. The first-order valence-corrected chi connectivity index (χ1v) is 12.1. The summed E-state index contributed by atoms with van der Waals surface area (Å²) in [5, 5.41) is 33.2. The molecule has 0 aliphatic heterocycles. The Labute approximate surface area is 212 Å². The topological polar surface area (TPSA) is 117 Å². The van der Waals surface area contributed by atoms with E-state index in [9.17, 15) is 20.1 Å². The minimum atomic E-state index is -0.753. The highest BCUT2D eigenvalue weighted by Gasteiger charge is 2.20. The lowest BCUT2D eigenvalue weighted by Gasteiger charge is -2.22. The molecule has 0 aromatic heterocycles. The smallest absolute Gasteiger partial charge is 0.176 e. The molecule has 194 valence electrons. The van der Waals surface area contributed by atoms with Crippen LogP contribution in [0, 0.1) is 11.8 Å². The fourth-order valence-corrected chi connectivity index (χ4v) is 4.27. The van der Waals surface area contributed by atoms with E-state index >= 15 is 0 Å². The zero-order valence-corrected chi connectivity index (χ0v) is 21.1. The number of ketones is 1. The summed E-state index contributed by atoms with van der Waals surface area (Å²) in [5.74, 6) is 7.55. The summed E-state index contributed by atoms with van der Waals surface area (Å²) in [4.78, 5) is 12.5. The summed E-state index contributed by atoms with van der Waals surface area (Å²) in [5.41, 5.74) is 3.03. The number of nitrogens with one attached hydrogen (secondary N) is 1. The number of aromatic hydroxyl groups is 1. The van der Waals surface area contributed by atoms with Gasteiger partial charge >= 0.3 is 0 Å². The lowest BCUT2D eigenvalue weighted by atomic mass is 9.97. The summed E-state index contributed by atoms with van der Waals surface area (Å²) in [6.07, 6.45) is 1.26. The molecular weight excluding hydrogens is 462 g/mol. The van der Waals surface area contributed by atoms with Gasteiger partial charge in [0, 0.05) is 37.9 Å². The third-order valence-corrected chi connectivity index (χ3v) is 6.21. The van der Waals surface area contributed by atoms with E-state index in [-0.39, 0.29) is 36.7 Å². The van der Waals surface area contributed by atoms with E-state index in [1.807, 2.05) is 12.1 Å². The number of aliphatic hydroxyl groups is 2. The molecule has 1 aliphatic rings. The Kier molecular flexibility index (Phi) is 10.00. The Morgan fingerprint density at radius 2 is 1.92 bits per heavy atom. The van der Waals surface area contributed by atoms with Crippen LogP contribution in [-0.4, -0.2) is 61.3 Å². The second-order valence-corrected chi connectivity index (χ2v) is 8.76. The first-order valence-electron chi connectivity index (χ1n) is 12.1. The van der Waals surface area contributed by atoms with Gasteiger partial charge in [-0.15, -0.1) is 0 Å². The van der Waals surface area contributed by atoms with Crippen molar-refractivity contribution in [1.82, 2.24) is 5.32 Å². The van der Waals surface area contributed by atoms with Gasteiger partial charge < -0.3 is 29.5 Å². The lowest BCUT2D eigenvalue weighted by molar-refractivity contribution is -0.121. The Bertz CT molecular complexity index is 1120. The van der Waals surface area contributed by atoms with Crippen molar-refractivity contribution in [2.45, 2.75) is 57.3 Å². The van der Waals surface area contributed by atoms with Gasteiger partial charge in [0.1, 0.15) is 5.78 Å². The molecule has 2 atom stereocenters. The van der Waals surface area contributed by atoms with Gasteiger partial charge in [0.25, 0.3) is 0 Å². The van der Waals surface area contributed by atoms with Crippen LogP contribution in [0.5, 0.6) is 23.0 Å². The highest BCUT2D eigenvalue weighted by atomic mass is 16.5. The second-order valence-electron chi connectivity index (χ2n) is 8.76. The SMILES string of the molecule is CN[C@H](CCO)Oc1c2cc(cc1OC)CC[C@@H](O)CC(=O)CCc1ccc(O)c(OC)c1C#CC2. The van der Waals surface area contributed by atoms with Gasteiger partial charge in [-0.2, -0.15) is 0 Å². The van der Waals surface area contributed by atoms with Crippen LogP contribution in [0.15, 0.2) is 24.3 Å². The molecule has 3 rings (SSSR count). The van der Waals surface area contributed by atoms with Crippen LogP contribution in [0.1, 0.15) is 47.9 Å². The van der Waals surface area contributed by atoms with Crippen LogP contribution in [0.3, 0.4) is 0 Å². The number of aliphatic hydroxyl groups excluding tert-OH is 2. The van der Waals surface area contributed by atoms with Gasteiger partial charge in [-0.3, -0.25) is 10.1 Å². The molecule has 1 aliphatic carbocycles. The molecule has 4 N–H and O–H groups in total. The van der Waals surface area contributed by atoms with Gasteiger partial charge in [0.15, 0.2) is 29.2 Å². The van der Waals surface area contributed by atoms with Crippen LogP contribution in [0.4, 0.5) is 0 Å². The number of benzene rings is 2. The molecule has 2 bridgehead atoms. The minimum absolute atomic E-state index is 0.0289. The first-order chi connectivity index (χ1) is 17.4. The quantitative estimate of drug-likeness (QED) is 0.341. The maximum atomic E-state index is 12.5. The molecule has 2 aromatic rings. The number of aryl methyl sites for hydroxylation is 2. The number of carbonyl (C=O) groups is 1. The molecule has 0 radical (unpaired) electrons. The second kappa shape index (κ2) is 13.2. The van der Waals surface area contributed by atoms with Crippen molar-refractivity contribution < 1.29 is 34.3 Å². The predicted octanol–water partition coefficient (Wildman–Crippen LogP) is 2.51. The van der Waals surface area contributed by atoms with Gasteiger partial charge in [-0.1, -0.05) is 24.0 Å². The normalized spacial score (nSPS) is 17.0. The van der Waals surface area contributed by atoms with Crippen LogP contribution in [-0.2, 0) is 24.1 Å². The molecule has 0 saturated heterocycles. The Morgan fingerprint density at radius 1 is 1.11 bits per heavy atom. The Hall–Kier alpha value is -3.25. The highest BCUT2D eigenvalue weighted by Crippen LogP contribution is 2.36. The number of ether oxygens (including phenoxy) is 3. The number of phenols is 1. The van der Waals surface area contributed by atoms with Crippen LogP contribution < -0.4 is 19.5 Å². The molecular formula is C28H35NO7. The minimum Gasteiger partial charge on any atom is -0.504 e. The summed E-state index contributed by atoms with van der Waals surface area (Å²) >= 11 is 0. The number of methoxy groups -OCH3 is 2. The zero-order chi connectivity index (χ0) is 26.1. The average Bonchev–Trinajstić information content (AvgIpc) is 2.87. The van der Waals surface area contributed by atoms with Gasteiger partial charge in [0.2, 0.25) is 0 Å². The molecule has 8 nitrogen and oxygen atoms in total. The number of Topliss-reactive ketones (excluding diaryl/α,β-unsaturated/α-hetero) is 1. The number of phenolic OH excluding ortho intramolecular Hbond substituents is 1. The van der Waals surface area contributed by atoms with E-state index < -0.39 is 12.3 Å². The standard InChI is InChI=1S/C28H35NO7/c1-29-26(13-14-30)36-27-20-5-4-6-23-19(9-12-24(33)28(23)35-3)8-11-22(32)17-21(31)10-7-18(15-20)16-25(27)34-2/h9,12,15-16,21,26,29-31,33H,5,7-8,10-11,13-14,17H2,1-3H3/t21-,26+/m1/s1. The monoisotopic (exact) mass is 497 g/mol. The van der Waals surface area contributed by atoms with E-state index in [1.54, 1.807) is 20.2 Å². The molecule has 2 aromatic carbocycles. The average molecular weight is 498 g/mol. The molecule has 0 amide bonds. The third kappa shape index (κ3) is 6.91. The van der Waals surface area contributed by atoms with Crippen LogP contribution in [0.2, 0.25) is 0 Å². The number of carbonyl (C=O) groups excluding carboxylic acids is 1. The molecule has 36 heavy (non-hydrogen) atoms. The largest absolute Gasteiger partial charge is 0.504 e. The van der Waals surface area contributed by atoms with Gasteiger partial charge in [-0.25, -0.2) is 0 Å². The van der Waals surface area contributed by atoms with Crippen molar-refractivity contribution in [2.75, 3.05) is 27.9 Å². The maximum absolute atomic E-state index is 12.5. The Balaban J connectivity index is 2.11. The molecule has 0 fully saturated rings. The number of hydrogen-bond acceptors (Lipinski definition) is 8. The summed E-state index contributed by atoms with van der Waals surface area (Å²) in [6.45, 7) is -0.0439. The van der Waals surface area contributed by atoms with Crippen molar-refractivity contribution >= 4 is 5.78 Å². The summed E-state index contributed by atoms with van der Waals surface area (Å²) in [6, 6.07) is 7.11. The lowest BCUT2D eigenvalue weighted by Crippen LogP contribution is -2.32. The summed E-state index contributed by atoms with van der Waals surface area (Å²) in [7, 11) is 4.77. The van der Waals surface area contributed by atoms with Crippen LogP contribution >= 0.6 is 0 Å². The van der Waals surface area contributed by atoms with Gasteiger partial charge in [-0.05, 0) is 49.6 Å². The number of hydrogen-bond donors (Lipinski definition) is 4. The molecule has 0 heterocycles. The number of rotatable bonds is 7. The van der Waals surface area contributed by atoms with E-state index in [2.05, 4.69) is 17.2 Å². The van der Waals surface area contributed by atoms with Crippen molar-refractivity contribution in [1.29, 1.82) is 0 Å². The predicted molar refractivity (Wildman–Crippen MR) is 136 cm³/mol. The maximum Gasteiger partial charge on any atom is 0.176 e. The fraction of sp³-hybridized carbons (Fsp3) is 0.464. The molecule has 0 unspecified atom stereocenters. The highest BCUT2D eigenvalue weighted by molar-refractivity contribution is 5.79. The van der Waals surface area contributed by atoms with E-state index in [1.165, 1.54) is 13.2 Å². The molecule has 0 saturated carbocycles. The van der Waals surface area contributed by atoms with Crippen molar-refractivity contribution in [2.24, 2.45) is 0 Å². The van der Waals surface area contributed by atoms with Crippen molar-refractivity contribution in [3.05, 3.63) is 46.5 Å². The molecule has 8 heteroatoms. The van der Waals surface area contributed by atoms with Crippen molar-refractivity contribution in [3.63, 3.8) is 0 Å². The van der Waals surface area contributed by atoms with E-state index in [4.69, 9.17) is 14.2 Å². The van der Waals surface area contributed by atoms with E-state index in [0.29, 0.717) is 49.2 Å². The number of fused-ring (bicyclic) bond motifs is 3. The van der Waals surface area contributed by atoms with Gasteiger partial charge in [0.05, 0.1) is 25.9 Å². The van der Waals surface area contributed by atoms with Crippen LogP contribution in [0.25, 0.3) is 0 Å². The van der Waals surface area contributed by atoms with E-state index in [0.717, 1.165) is 16.7 Å². The Morgan fingerprint density at radius 3 is 2.61 bits per heavy atom. The molecule has 0 spiro atoms. The third-order valence-electron chi connectivity index (χ3n) is 6.21. The zero-order valence-electron chi connectivity index (χ0n) is 21.1.